The Hall–Kier alpha value is -2.25. The van der Waals surface area contributed by atoms with Crippen LogP contribution in [0.25, 0.3) is 0 Å². The Balaban J connectivity index is 2.41. The van der Waals surface area contributed by atoms with Crippen molar-refractivity contribution in [3.63, 3.8) is 0 Å². The van der Waals surface area contributed by atoms with Gasteiger partial charge in [0.2, 0.25) is 5.95 Å². The Morgan fingerprint density at radius 2 is 1.78 bits per heavy atom. The van der Waals surface area contributed by atoms with Crippen LogP contribution >= 0.6 is 11.6 Å². The molecule has 1 aromatic heterocycles. The van der Waals surface area contributed by atoms with Crippen molar-refractivity contribution in [1.82, 2.24) is 9.97 Å². The second-order valence-corrected chi connectivity index (χ2v) is 4.12. The number of hydrogen-bond donors (Lipinski definition) is 2. The molecular weight excluding hydrogens is 248 g/mol. The third-order valence-electron chi connectivity index (χ3n) is 2.38. The summed E-state index contributed by atoms with van der Waals surface area (Å²) >= 11 is 6.11. The number of anilines is 2. The lowest BCUT2D eigenvalue weighted by atomic mass is 10.1. The van der Waals surface area contributed by atoms with Crippen molar-refractivity contribution in [1.29, 1.82) is 0 Å². The van der Waals surface area contributed by atoms with Crippen molar-refractivity contribution in [2.45, 2.75) is 6.92 Å². The zero-order valence-corrected chi connectivity index (χ0v) is 10.5. The molecule has 4 nitrogen and oxygen atoms in total. The van der Waals surface area contributed by atoms with E-state index in [1.54, 1.807) is 18.5 Å². The van der Waals surface area contributed by atoms with E-state index in [-0.39, 0.29) is 5.95 Å². The van der Waals surface area contributed by atoms with E-state index in [9.17, 15) is 0 Å². The number of nitrogens with two attached hydrogens (primary N) is 2. The third-order valence-corrected chi connectivity index (χ3v) is 2.79. The van der Waals surface area contributed by atoms with Crippen LogP contribution in [-0.2, 0) is 0 Å². The minimum Gasteiger partial charge on any atom is -0.397 e. The van der Waals surface area contributed by atoms with E-state index in [2.05, 4.69) is 21.8 Å². The summed E-state index contributed by atoms with van der Waals surface area (Å²) in [6.07, 6.45) is 3.12. The molecule has 4 N–H and O–H groups in total. The van der Waals surface area contributed by atoms with E-state index < -0.39 is 0 Å². The summed E-state index contributed by atoms with van der Waals surface area (Å²) < 4.78 is 0. The molecule has 0 aliphatic carbocycles. The molecule has 5 heteroatoms. The molecule has 0 bridgehead atoms. The van der Waals surface area contributed by atoms with Gasteiger partial charge in [-0.05, 0) is 18.6 Å². The van der Waals surface area contributed by atoms with Crippen molar-refractivity contribution in [2.75, 3.05) is 11.5 Å². The fourth-order valence-corrected chi connectivity index (χ4v) is 1.64. The van der Waals surface area contributed by atoms with E-state index in [0.29, 0.717) is 21.8 Å². The number of rotatable bonds is 0. The van der Waals surface area contributed by atoms with E-state index >= 15 is 0 Å². The predicted octanol–water partition coefficient (Wildman–Crippen LogP) is 2.00. The maximum absolute atomic E-state index is 6.11. The molecule has 0 saturated carbocycles. The number of benzene rings is 1. The number of hydrogen-bond acceptors (Lipinski definition) is 4. The van der Waals surface area contributed by atoms with Crippen LogP contribution in [0.5, 0.6) is 0 Å². The van der Waals surface area contributed by atoms with E-state index in [0.717, 1.165) is 5.56 Å². The minimum absolute atomic E-state index is 0.221. The summed E-state index contributed by atoms with van der Waals surface area (Å²) in [5, 5.41) is 0.471. The van der Waals surface area contributed by atoms with Gasteiger partial charge in [0.1, 0.15) is 0 Å². The van der Waals surface area contributed by atoms with Crippen LogP contribution in [0.2, 0.25) is 5.02 Å². The molecule has 0 fully saturated rings. The number of aryl methyl sites for hydroxylation is 1. The molecular formula is C13H11ClN4. The minimum atomic E-state index is 0.221. The van der Waals surface area contributed by atoms with Crippen molar-refractivity contribution >= 4 is 23.2 Å². The number of halogens is 1. The Bertz CT molecular complexity index is 639. The molecule has 0 spiro atoms. The molecule has 0 saturated heterocycles. The molecule has 0 aliphatic heterocycles. The molecule has 0 atom stereocenters. The average Bonchev–Trinajstić information content (AvgIpc) is 2.36. The number of nitrogens with zero attached hydrogens (tertiary/aromatic N) is 2. The SMILES string of the molecule is Cc1ccc(N)c(Cl)c1C#Cc1cnc(N)nc1. The molecule has 1 aromatic carbocycles. The van der Waals surface area contributed by atoms with Gasteiger partial charge in [0, 0.05) is 18.0 Å². The first-order valence-corrected chi connectivity index (χ1v) is 5.60. The zero-order chi connectivity index (χ0) is 13.1. The van der Waals surface area contributed by atoms with Gasteiger partial charge >= 0.3 is 0 Å². The van der Waals surface area contributed by atoms with E-state index in [4.69, 9.17) is 23.1 Å². The Labute approximate surface area is 110 Å². The monoisotopic (exact) mass is 258 g/mol. The smallest absolute Gasteiger partial charge is 0.219 e. The molecule has 0 unspecified atom stereocenters. The normalized spacial score (nSPS) is 9.67. The average molecular weight is 259 g/mol. The maximum Gasteiger partial charge on any atom is 0.219 e. The quantitative estimate of drug-likeness (QED) is 0.560. The Kier molecular flexibility index (Phi) is 3.35. The van der Waals surface area contributed by atoms with Gasteiger partial charge in [0.25, 0.3) is 0 Å². The largest absolute Gasteiger partial charge is 0.397 e. The van der Waals surface area contributed by atoms with Crippen molar-refractivity contribution < 1.29 is 0 Å². The first-order chi connectivity index (χ1) is 8.58. The summed E-state index contributed by atoms with van der Waals surface area (Å²) in [4.78, 5) is 7.72. The van der Waals surface area contributed by atoms with Gasteiger partial charge in [0.15, 0.2) is 0 Å². The zero-order valence-electron chi connectivity index (χ0n) is 9.74. The van der Waals surface area contributed by atoms with Crippen LogP contribution in [0.3, 0.4) is 0 Å². The van der Waals surface area contributed by atoms with Gasteiger partial charge in [-0.2, -0.15) is 0 Å². The van der Waals surface area contributed by atoms with Crippen molar-refractivity contribution in [2.24, 2.45) is 0 Å². The van der Waals surface area contributed by atoms with Gasteiger partial charge in [0.05, 0.1) is 16.3 Å². The molecule has 2 rings (SSSR count). The molecule has 0 radical (unpaired) electrons. The second-order valence-electron chi connectivity index (χ2n) is 3.74. The van der Waals surface area contributed by atoms with Gasteiger partial charge in [-0.15, -0.1) is 0 Å². The summed E-state index contributed by atoms with van der Waals surface area (Å²) in [6.45, 7) is 1.93. The third kappa shape index (κ3) is 2.53. The van der Waals surface area contributed by atoms with Crippen LogP contribution in [0, 0.1) is 18.8 Å². The molecule has 18 heavy (non-hydrogen) atoms. The molecule has 1 heterocycles. The molecule has 0 amide bonds. The first kappa shape index (κ1) is 12.2. The van der Waals surface area contributed by atoms with Crippen molar-refractivity contribution in [3.8, 4) is 11.8 Å². The summed E-state index contributed by atoms with van der Waals surface area (Å²) in [5.74, 6) is 6.12. The van der Waals surface area contributed by atoms with Gasteiger partial charge < -0.3 is 11.5 Å². The molecule has 2 aromatic rings. The number of nitrogen functional groups attached to an aromatic ring is 2. The highest BCUT2D eigenvalue weighted by atomic mass is 35.5. The topological polar surface area (TPSA) is 77.8 Å². The Morgan fingerprint density at radius 3 is 2.44 bits per heavy atom. The highest BCUT2D eigenvalue weighted by Crippen LogP contribution is 2.25. The summed E-state index contributed by atoms with van der Waals surface area (Å²) in [5.41, 5.74) is 14.0. The van der Waals surface area contributed by atoms with E-state index in [1.165, 1.54) is 0 Å². The lowest BCUT2D eigenvalue weighted by Gasteiger charge is -2.03. The van der Waals surface area contributed by atoms with Crippen LogP contribution in [0.1, 0.15) is 16.7 Å². The maximum atomic E-state index is 6.11. The lowest BCUT2D eigenvalue weighted by molar-refractivity contribution is 1.17. The predicted molar refractivity (Wildman–Crippen MR) is 73.0 cm³/mol. The fourth-order valence-electron chi connectivity index (χ4n) is 1.38. The van der Waals surface area contributed by atoms with Crippen LogP contribution < -0.4 is 11.5 Å². The molecule has 0 aliphatic rings. The van der Waals surface area contributed by atoms with Crippen LogP contribution in [0.15, 0.2) is 24.5 Å². The second kappa shape index (κ2) is 4.94. The standard InChI is InChI=1S/C13H11ClN4/c1-8-2-5-11(15)12(14)10(8)4-3-9-6-17-13(16)18-7-9/h2,5-7H,15H2,1H3,(H2,16,17,18). The first-order valence-electron chi connectivity index (χ1n) is 5.22. The van der Waals surface area contributed by atoms with Crippen LogP contribution in [0.4, 0.5) is 11.6 Å². The van der Waals surface area contributed by atoms with Gasteiger partial charge in [-0.25, -0.2) is 9.97 Å². The van der Waals surface area contributed by atoms with Crippen LogP contribution in [-0.4, -0.2) is 9.97 Å². The van der Waals surface area contributed by atoms with Crippen molar-refractivity contribution in [3.05, 3.63) is 46.2 Å². The number of aromatic nitrogens is 2. The van der Waals surface area contributed by atoms with Gasteiger partial charge in [-0.1, -0.05) is 29.5 Å². The fraction of sp³-hybridized carbons (Fsp3) is 0.0769. The highest BCUT2D eigenvalue weighted by Gasteiger charge is 2.04. The molecule has 90 valence electrons. The van der Waals surface area contributed by atoms with Gasteiger partial charge in [-0.3, -0.25) is 0 Å². The summed E-state index contributed by atoms with van der Waals surface area (Å²) in [6, 6.07) is 3.64. The van der Waals surface area contributed by atoms with E-state index in [1.807, 2.05) is 13.0 Å². The lowest BCUT2D eigenvalue weighted by Crippen LogP contribution is -1.94. The summed E-state index contributed by atoms with van der Waals surface area (Å²) in [7, 11) is 0. The highest BCUT2D eigenvalue weighted by molar-refractivity contribution is 6.34. The Morgan fingerprint density at radius 1 is 1.11 bits per heavy atom.